The fourth-order valence-corrected chi connectivity index (χ4v) is 2.26. The molecule has 0 saturated carbocycles. The van der Waals surface area contributed by atoms with E-state index in [0.29, 0.717) is 11.6 Å². The van der Waals surface area contributed by atoms with Gasteiger partial charge in [-0.2, -0.15) is 0 Å². The number of benzene rings is 1. The van der Waals surface area contributed by atoms with Crippen LogP contribution in [0.2, 0.25) is 0 Å². The third kappa shape index (κ3) is 3.44. The molecular weight excluding hydrogens is 288 g/mol. The Hall–Kier alpha value is -2.56. The third-order valence-electron chi connectivity index (χ3n) is 3.27. The second-order valence-corrected chi connectivity index (χ2v) is 5.91. The summed E-state index contributed by atoms with van der Waals surface area (Å²) in [5, 5.41) is 0.747. The normalized spacial score (nSPS) is 11.0. The molecule has 0 aliphatic heterocycles. The molecule has 0 amide bonds. The van der Waals surface area contributed by atoms with Gasteiger partial charge < -0.3 is 15.0 Å². The Morgan fingerprint density at radius 2 is 1.70 bits per heavy atom. The van der Waals surface area contributed by atoms with Crippen molar-refractivity contribution in [1.29, 1.82) is 0 Å². The molecule has 0 bridgehead atoms. The highest BCUT2D eigenvalue weighted by Crippen LogP contribution is 2.36. The van der Waals surface area contributed by atoms with Gasteiger partial charge in [0, 0.05) is 11.7 Å². The van der Waals surface area contributed by atoms with Crippen molar-refractivity contribution in [2.45, 2.75) is 40.2 Å². The lowest BCUT2D eigenvalue weighted by Crippen LogP contribution is -2.21. The van der Waals surface area contributed by atoms with Gasteiger partial charge in [-0.3, -0.25) is 0 Å². The van der Waals surface area contributed by atoms with E-state index in [1.54, 1.807) is 0 Å². The van der Waals surface area contributed by atoms with Crippen LogP contribution in [-0.4, -0.2) is 14.5 Å². The molecule has 0 aliphatic rings. The zero-order valence-electron chi connectivity index (χ0n) is 14.4. The van der Waals surface area contributed by atoms with Gasteiger partial charge in [0.15, 0.2) is 5.75 Å². The second-order valence-electron chi connectivity index (χ2n) is 5.91. The summed E-state index contributed by atoms with van der Waals surface area (Å²) >= 11 is 0. The van der Waals surface area contributed by atoms with Gasteiger partial charge >= 0.3 is 0 Å². The summed E-state index contributed by atoms with van der Waals surface area (Å²) in [7, 11) is 0. The molecule has 2 N–H and O–H groups in total. The van der Waals surface area contributed by atoms with Crippen LogP contribution >= 0.6 is 0 Å². The molecule has 5 heteroatoms. The summed E-state index contributed by atoms with van der Waals surface area (Å²) < 4.78 is 8.02. The number of ether oxygens (including phenoxy) is 1. The molecule has 5 nitrogen and oxygen atoms in total. The maximum atomic E-state index is 6.02. The lowest BCUT2D eigenvalue weighted by atomic mass is 10.1. The van der Waals surface area contributed by atoms with Gasteiger partial charge in [-0.05, 0) is 32.9 Å². The van der Waals surface area contributed by atoms with Crippen molar-refractivity contribution in [3.05, 3.63) is 42.9 Å². The molecule has 0 saturated heterocycles. The fraction of sp³-hybridized carbons (Fsp3) is 0.333. The molecule has 0 radical (unpaired) electrons. The minimum atomic E-state index is -0.128. The van der Waals surface area contributed by atoms with Gasteiger partial charge in [0.25, 0.3) is 0 Å². The van der Waals surface area contributed by atoms with Crippen molar-refractivity contribution < 1.29 is 4.74 Å². The first-order valence-corrected chi connectivity index (χ1v) is 7.82. The molecule has 1 aromatic carbocycles. The largest absolute Gasteiger partial charge is 0.455 e. The van der Waals surface area contributed by atoms with Gasteiger partial charge in [0.2, 0.25) is 0 Å². The molecule has 0 spiro atoms. The fourth-order valence-electron chi connectivity index (χ4n) is 2.26. The van der Waals surface area contributed by atoms with Crippen molar-refractivity contribution in [2.75, 3.05) is 5.73 Å². The molecule has 0 aliphatic carbocycles. The summed E-state index contributed by atoms with van der Waals surface area (Å²) in [6.45, 7) is 10.3. The molecule has 23 heavy (non-hydrogen) atoms. The Morgan fingerprint density at radius 1 is 1.04 bits per heavy atom. The highest BCUT2D eigenvalue weighted by atomic mass is 16.5. The van der Waals surface area contributed by atoms with Gasteiger partial charge in [0.05, 0.1) is 0 Å². The average Bonchev–Trinajstić information content (AvgIpc) is 2.91. The monoisotopic (exact) mass is 312 g/mol. The molecule has 122 valence electrons. The zero-order valence-corrected chi connectivity index (χ0v) is 14.4. The number of anilines is 1. The van der Waals surface area contributed by atoms with E-state index >= 15 is 0 Å². The highest BCUT2D eigenvalue weighted by molar-refractivity contribution is 5.93. The van der Waals surface area contributed by atoms with E-state index in [1.165, 1.54) is 6.33 Å². The molecule has 0 fully saturated rings. The van der Waals surface area contributed by atoms with Crippen molar-refractivity contribution in [3.8, 4) is 11.5 Å². The van der Waals surface area contributed by atoms with Gasteiger partial charge in [-0.25, -0.2) is 9.97 Å². The molecule has 0 atom stereocenters. The Kier molecular flexibility index (Phi) is 4.89. The number of nitrogens with zero attached hydrogens (tertiary/aromatic N) is 3. The van der Waals surface area contributed by atoms with Crippen LogP contribution in [0.5, 0.6) is 11.5 Å². The topological polar surface area (TPSA) is 66.0 Å². The van der Waals surface area contributed by atoms with Crippen molar-refractivity contribution in [2.24, 2.45) is 0 Å². The number of nitrogens with two attached hydrogens (primary N) is 1. The quantitative estimate of drug-likeness (QED) is 0.751. The van der Waals surface area contributed by atoms with E-state index in [-0.39, 0.29) is 5.54 Å². The first-order valence-electron chi connectivity index (χ1n) is 7.82. The van der Waals surface area contributed by atoms with E-state index in [9.17, 15) is 0 Å². The standard InChI is InChI=1S/C16H18N4O.C2H6/c1-16(2,3)20-9-12(21-11-7-5-4-6-8-11)13-14(17)18-10-19-15(13)20;1-2/h4-10H,1-3H3,(H2,17,18,19);1-2H3. The number of nitrogen functional groups attached to an aromatic ring is 1. The zero-order chi connectivity index (χ0) is 17.0. The molecular formula is C18H24N4O. The molecule has 3 aromatic rings. The average molecular weight is 312 g/mol. The Balaban J connectivity index is 0.000000924. The van der Waals surface area contributed by atoms with Crippen molar-refractivity contribution in [1.82, 2.24) is 14.5 Å². The van der Waals surface area contributed by atoms with Crippen LogP contribution in [0.1, 0.15) is 34.6 Å². The summed E-state index contributed by atoms with van der Waals surface area (Å²) in [5.41, 5.74) is 6.67. The minimum Gasteiger partial charge on any atom is -0.455 e. The first-order chi connectivity index (χ1) is 11.0. The predicted molar refractivity (Wildman–Crippen MR) is 94.8 cm³/mol. The molecule has 2 aromatic heterocycles. The lowest BCUT2D eigenvalue weighted by Gasteiger charge is -2.21. The lowest BCUT2D eigenvalue weighted by molar-refractivity contribution is 0.401. The maximum Gasteiger partial charge on any atom is 0.158 e. The number of rotatable bonds is 2. The van der Waals surface area contributed by atoms with E-state index in [4.69, 9.17) is 10.5 Å². The van der Waals surface area contributed by atoms with Crippen LogP contribution in [0, 0.1) is 0 Å². The number of hydrogen-bond donors (Lipinski definition) is 1. The van der Waals surface area contributed by atoms with Crippen LogP contribution < -0.4 is 10.5 Å². The number of hydrogen-bond acceptors (Lipinski definition) is 4. The predicted octanol–water partition coefficient (Wildman–Crippen LogP) is 4.59. The minimum absolute atomic E-state index is 0.128. The number of para-hydroxylation sites is 1. The second kappa shape index (κ2) is 6.69. The summed E-state index contributed by atoms with van der Waals surface area (Å²) in [4.78, 5) is 8.44. The molecule has 2 heterocycles. The van der Waals surface area contributed by atoms with Gasteiger partial charge in [-0.1, -0.05) is 32.0 Å². The van der Waals surface area contributed by atoms with Crippen LogP contribution in [0.25, 0.3) is 11.0 Å². The smallest absolute Gasteiger partial charge is 0.158 e. The third-order valence-corrected chi connectivity index (χ3v) is 3.27. The van der Waals surface area contributed by atoms with Crippen LogP contribution in [0.15, 0.2) is 42.9 Å². The van der Waals surface area contributed by atoms with E-state index in [2.05, 4.69) is 35.3 Å². The SMILES string of the molecule is CC.CC(C)(C)n1cc(Oc2ccccc2)c2c(N)ncnc21. The van der Waals surface area contributed by atoms with Gasteiger partial charge in [-0.15, -0.1) is 0 Å². The molecule has 0 unspecified atom stereocenters. The Bertz CT molecular complexity index is 773. The van der Waals surface area contributed by atoms with E-state index in [0.717, 1.165) is 16.8 Å². The number of aromatic nitrogens is 3. The first kappa shape index (κ1) is 16.8. The van der Waals surface area contributed by atoms with Gasteiger partial charge in [0.1, 0.15) is 28.9 Å². The summed E-state index contributed by atoms with van der Waals surface area (Å²) in [6.07, 6.45) is 3.41. The van der Waals surface area contributed by atoms with Crippen LogP contribution in [0.3, 0.4) is 0 Å². The van der Waals surface area contributed by atoms with Crippen LogP contribution in [-0.2, 0) is 5.54 Å². The summed E-state index contributed by atoms with van der Waals surface area (Å²) in [6, 6.07) is 9.61. The van der Waals surface area contributed by atoms with E-state index in [1.807, 2.05) is 50.4 Å². The Morgan fingerprint density at radius 3 is 2.30 bits per heavy atom. The van der Waals surface area contributed by atoms with Crippen LogP contribution in [0.4, 0.5) is 5.82 Å². The highest BCUT2D eigenvalue weighted by Gasteiger charge is 2.22. The van der Waals surface area contributed by atoms with Crippen molar-refractivity contribution >= 4 is 16.9 Å². The number of fused-ring (bicyclic) bond motifs is 1. The molecule has 3 rings (SSSR count). The van der Waals surface area contributed by atoms with Crippen molar-refractivity contribution in [3.63, 3.8) is 0 Å². The van der Waals surface area contributed by atoms with E-state index < -0.39 is 0 Å². The summed E-state index contributed by atoms with van der Waals surface area (Å²) in [5.74, 6) is 1.85. The maximum absolute atomic E-state index is 6.02. The Labute approximate surface area is 137 Å².